The summed E-state index contributed by atoms with van der Waals surface area (Å²) in [5.74, 6) is 1.42. The highest BCUT2D eigenvalue weighted by Gasteiger charge is 2.25. The fraction of sp³-hybridized carbons (Fsp3) is 0.200. The maximum atomic E-state index is 13.8. The number of anilines is 2. The van der Waals surface area contributed by atoms with E-state index in [1.54, 1.807) is 6.07 Å². The molecule has 0 saturated carbocycles. The Labute approximate surface area is 115 Å². The van der Waals surface area contributed by atoms with Crippen LogP contribution in [-0.4, -0.2) is 21.5 Å². The molecule has 0 radical (unpaired) electrons. The molecule has 100 valence electrons. The molecular weight excluding hydrogens is 255 g/mol. The lowest BCUT2D eigenvalue weighted by atomic mass is 10.1. The Balaban J connectivity index is 1.94. The number of aryl methyl sites for hydroxylation is 1. The van der Waals surface area contributed by atoms with Crippen molar-refractivity contribution >= 4 is 22.5 Å². The average Bonchev–Trinajstić information content (AvgIpc) is 3.04. The first-order chi connectivity index (χ1) is 9.74. The number of benzene rings is 1. The van der Waals surface area contributed by atoms with Crippen LogP contribution in [0.15, 0.2) is 30.5 Å². The molecule has 3 heterocycles. The minimum absolute atomic E-state index is 0.138. The van der Waals surface area contributed by atoms with Crippen LogP contribution in [0.5, 0.6) is 0 Å². The molecule has 0 saturated heterocycles. The molecule has 5 heteroatoms. The van der Waals surface area contributed by atoms with Crippen LogP contribution in [0.4, 0.5) is 15.9 Å². The molecule has 0 bridgehead atoms. The summed E-state index contributed by atoms with van der Waals surface area (Å²) in [6.45, 7) is 2.61. The van der Waals surface area contributed by atoms with E-state index >= 15 is 0 Å². The molecule has 0 spiro atoms. The number of hydrogen-bond acceptors (Lipinski definition) is 3. The molecule has 3 aromatic rings. The van der Waals surface area contributed by atoms with E-state index in [9.17, 15) is 4.39 Å². The quantitative estimate of drug-likeness (QED) is 0.737. The second kappa shape index (κ2) is 4.03. The standard InChI is InChI=1S/C15H13FN4/c1-9-18-14-11(5-7-17-14)15(19-9)20-8-6-10-12(16)3-2-4-13(10)20/h2-5,7H,6,8H2,1H3,(H,17,18,19). The molecule has 4 nitrogen and oxygen atoms in total. The van der Waals surface area contributed by atoms with Crippen LogP contribution in [0, 0.1) is 12.7 Å². The first-order valence-corrected chi connectivity index (χ1v) is 6.61. The first-order valence-electron chi connectivity index (χ1n) is 6.61. The van der Waals surface area contributed by atoms with Crippen molar-refractivity contribution in [1.29, 1.82) is 0 Å². The zero-order valence-electron chi connectivity index (χ0n) is 11.0. The van der Waals surface area contributed by atoms with Gasteiger partial charge in [0.25, 0.3) is 0 Å². The van der Waals surface area contributed by atoms with E-state index in [1.165, 1.54) is 6.07 Å². The maximum Gasteiger partial charge on any atom is 0.146 e. The molecule has 1 aliphatic rings. The van der Waals surface area contributed by atoms with Crippen molar-refractivity contribution in [3.05, 3.63) is 47.7 Å². The summed E-state index contributed by atoms with van der Waals surface area (Å²) in [7, 11) is 0. The van der Waals surface area contributed by atoms with Crippen LogP contribution in [-0.2, 0) is 6.42 Å². The fourth-order valence-electron chi connectivity index (χ4n) is 2.85. The second-order valence-corrected chi connectivity index (χ2v) is 4.97. The van der Waals surface area contributed by atoms with Gasteiger partial charge in [0.1, 0.15) is 23.1 Å². The van der Waals surface area contributed by atoms with Gasteiger partial charge in [-0.3, -0.25) is 0 Å². The lowest BCUT2D eigenvalue weighted by Gasteiger charge is -2.19. The minimum Gasteiger partial charge on any atom is -0.346 e. The molecule has 0 atom stereocenters. The van der Waals surface area contributed by atoms with Crippen LogP contribution in [0.3, 0.4) is 0 Å². The number of hydrogen-bond donors (Lipinski definition) is 1. The average molecular weight is 268 g/mol. The molecule has 0 unspecified atom stereocenters. The molecule has 0 fully saturated rings. The Morgan fingerprint density at radius 2 is 2.15 bits per heavy atom. The number of halogens is 1. The molecule has 2 aromatic heterocycles. The Morgan fingerprint density at radius 3 is 3.05 bits per heavy atom. The largest absolute Gasteiger partial charge is 0.346 e. The van der Waals surface area contributed by atoms with Crippen LogP contribution < -0.4 is 4.90 Å². The van der Waals surface area contributed by atoms with Crippen LogP contribution in [0.1, 0.15) is 11.4 Å². The molecule has 1 aromatic carbocycles. The third-order valence-electron chi connectivity index (χ3n) is 3.73. The summed E-state index contributed by atoms with van der Waals surface area (Å²) in [6, 6.07) is 7.16. The van der Waals surface area contributed by atoms with Gasteiger partial charge in [-0.15, -0.1) is 0 Å². The predicted octanol–water partition coefficient (Wildman–Crippen LogP) is 3.10. The predicted molar refractivity (Wildman–Crippen MR) is 75.7 cm³/mol. The number of H-pyrrole nitrogens is 1. The third kappa shape index (κ3) is 1.52. The Kier molecular flexibility index (Phi) is 2.30. The molecule has 1 aliphatic heterocycles. The molecule has 0 aliphatic carbocycles. The maximum absolute atomic E-state index is 13.8. The number of nitrogens with one attached hydrogen (secondary N) is 1. The SMILES string of the molecule is Cc1nc(N2CCc3c(F)cccc32)c2cc[nH]c2n1. The smallest absolute Gasteiger partial charge is 0.146 e. The van der Waals surface area contributed by atoms with E-state index in [-0.39, 0.29) is 5.82 Å². The van der Waals surface area contributed by atoms with Gasteiger partial charge in [-0.1, -0.05) is 6.07 Å². The van der Waals surface area contributed by atoms with Gasteiger partial charge >= 0.3 is 0 Å². The van der Waals surface area contributed by atoms with Gasteiger partial charge in [0.15, 0.2) is 0 Å². The minimum atomic E-state index is -0.138. The van der Waals surface area contributed by atoms with Gasteiger partial charge in [0.2, 0.25) is 0 Å². The highest BCUT2D eigenvalue weighted by Crippen LogP contribution is 2.37. The van der Waals surface area contributed by atoms with Crippen molar-refractivity contribution in [2.75, 3.05) is 11.4 Å². The summed E-state index contributed by atoms with van der Waals surface area (Å²) in [5, 5.41) is 0.965. The monoisotopic (exact) mass is 268 g/mol. The van der Waals surface area contributed by atoms with Crippen molar-refractivity contribution in [3.63, 3.8) is 0 Å². The zero-order chi connectivity index (χ0) is 13.7. The van der Waals surface area contributed by atoms with Gasteiger partial charge in [0.05, 0.1) is 5.39 Å². The summed E-state index contributed by atoms with van der Waals surface area (Å²) >= 11 is 0. The molecule has 0 amide bonds. The zero-order valence-corrected chi connectivity index (χ0v) is 11.0. The first kappa shape index (κ1) is 11.4. The van der Waals surface area contributed by atoms with E-state index in [4.69, 9.17) is 0 Å². The number of fused-ring (bicyclic) bond motifs is 2. The van der Waals surface area contributed by atoms with Gasteiger partial charge < -0.3 is 9.88 Å². The number of nitrogens with zero attached hydrogens (tertiary/aromatic N) is 3. The van der Waals surface area contributed by atoms with Crippen molar-refractivity contribution in [3.8, 4) is 0 Å². The Hall–Kier alpha value is -2.43. The molecule has 1 N–H and O–H groups in total. The third-order valence-corrected chi connectivity index (χ3v) is 3.73. The Bertz CT molecular complexity index is 809. The fourth-order valence-corrected chi connectivity index (χ4v) is 2.85. The number of aromatic amines is 1. The Morgan fingerprint density at radius 1 is 1.25 bits per heavy atom. The van der Waals surface area contributed by atoms with Gasteiger partial charge in [-0.2, -0.15) is 0 Å². The lowest BCUT2D eigenvalue weighted by molar-refractivity contribution is 0.615. The molecule has 20 heavy (non-hydrogen) atoms. The topological polar surface area (TPSA) is 44.8 Å². The normalized spacial score (nSPS) is 14.0. The van der Waals surface area contributed by atoms with Crippen molar-refractivity contribution in [2.45, 2.75) is 13.3 Å². The van der Waals surface area contributed by atoms with Gasteiger partial charge in [0, 0.05) is 24.0 Å². The molecular formula is C15H13FN4. The van der Waals surface area contributed by atoms with Crippen LogP contribution >= 0.6 is 0 Å². The van der Waals surface area contributed by atoms with Gasteiger partial charge in [-0.05, 0) is 31.5 Å². The highest BCUT2D eigenvalue weighted by molar-refractivity contribution is 5.90. The van der Waals surface area contributed by atoms with E-state index in [0.29, 0.717) is 12.2 Å². The van der Waals surface area contributed by atoms with E-state index in [2.05, 4.69) is 19.9 Å². The lowest BCUT2D eigenvalue weighted by Crippen LogP contribution is -2.16. The summed E-state index contributed by atoms with van der Waals surface area (Å²) < 4.78 is 13.8. The van der Waals surface area contributed by atoms with E-state index in [0.717, 1.165) is 34.6 Å². The molecule has 4 rings (SSSR count). The summed E-state index contributed by atoms with van der Waals surface area (Å²) in [6.07, 6.45) is 2.56. The van der Waals surface area contributed by atoms with Crippen molar-refractivity contribution < 1.29 is 4.39 Å². The summed E-state index contributed by atoms with van der Waals surface area (Å²) in [5.41, 5.74) is 2.50. The van der Waals surface area contributed by atoms with Crippen molar-refractivity contribution in [1.82, 2.24) is 15.0 Å². The van der Waals surface area contributed by atoms with Crippen molar-refractivity contribution in [2.24, 2.45) is 0 Å². The number of rotatable bonds is 1. The van der Waals surface area contributed by atoms with Crippen LogP contribution in [0.25, 0.3) is 11.0 Å². The van der Waals surface area contributed by atoms with E-state index < -0.39 is 0 Å². The van der Waals surface area contributed by atoms with Gasteiger partial charge in [-0.25, -0.2) is 14.4 Å². The van der Waals surface area contributed by atoms with Crippen LogP contribution in [0.2, 0.25) is 0 Å². The second-order valence-electron chi connectivity index (χ2n) is 4.97. The highest BCUT2D eigenvalue weighted by atomic mass is 19.1. The number of aromatic nitrogens is 3. The van der Waals surface area contributed by atoms with E-state index in [1.807, 2.05) is 25.3 Å². The summed E-state index contributed by atoms with van der Waals surface area (Å²) in [4.78, 5) is 14.1.